The molecule has 1 fully saturated rings. The van der Waals surface area contributed by atoms with Crippen LogP contribution in [0.4, 0.5) is 0 Å². The number of hydrogen-bond acceptors (Lipinski definition) is 8. The summed E-state index contributed by atoms with van der Waals surface area (Å²) in [5.74, 6) is -2.67. The number of likely N-dealkylation sites (tertiary alicyclic amines) is 1. The van der Waals surface area contributed by atoms with Crippen LogP contribution in [0.3, 0.4) is 0 Å². The SMILES string of the molecule is CC(=O)Cl.N=C(N)NCCCC(NC(=O)[C@@H]1CCCN1C(=O)C(Cc1ccccc1)N=S(=O)=O)C(=O)O. The Morgan fingerprint density at radius 3 is 2.43 bits per heavy atom. The van der Waals surface area contributed by atoms with Crippen LogP contribution in [-0.4, -0.2) is 78.6 Å². The summed E-state index contributed by atoms with van der Waals surface area (Å²) in [4.78, 5) is 48.0. The first-order valence-corrected chi connectivity index (χ1v) is 12.7. The number of aliphatic carboxylic acids is 1. The molecule has 1 aliphatic rings. The van der Waals surface area contributed by atoms with Crippen molar-refractivity contribution in [1.29, 1.82) is 5.41 Å². The number of guanidine groups is 1. The van der Waals surface area contributed by atoms with Gasteiger partial charge in [0.05, 0.1) is 0 Å². The van der Waals surface area contributed by atoms with Crippen LogP contribution in [-0.2, 0) is 36.1 Å². The molecular formula is C22H31ClN6O7S. The predicted octanol–water partition coefficient (Wildman–Crippen LogP) is 0.256. The van der Waals surface area contributed by atoms with Gasteiger partial charge in [0.2, 0.25) is 17.1 Å². The lowest BCUT2D eigenvalue weighted by molar-refractivity contribution is -0.144. The molecule has 1 aromatic rings. The van der Waals surface area contributed by atoms with Crippen molar-refractivity contribution in [2.24, 2.45) is 10.1 Å². The number of hydrogen-bond donors (Lipinski definition) is 5. The van der Waals surface area contributed by atoms with Gasteiger partial charge in [-0.05, 0) is 42.8 Å². The minimum absolute atomic E-state index is 0.0550. The Labute approximate surface area is 220 Å². The summed E-state index contributed by atoms with van der Waals surface area (Å²) in [5.41, 5.74) is 5.90. The van der Waals surface area contributed by atoms with Crippen LogP contribution in [0.2, 0.25) is 0 Å². The summed E-state index contributed by atoms with van der Waals surface area (Å²) in [5, 5.41) is 21.2. The molecular weight excluding hydrogens is 528 g/mol. The highest BCUT2D eigenvalue weighted by molar-refractivity contribution is 7.61. The highest BCUT2D eigenvalue weighted by Crippen LogP contribution is 2.21. The van der Waals surface area contributed by atoms with Crippen molar-refractivity contribution in [3.63, 3.8) is 0 Å². The maximum absolute atomic E-state index is 13.1. The number of halogens is 1. The largest absolute Gasteiger partial charge is 0.480 e. The predicted molar refractivity (Wildman–Crippen MR) is 135 cm³/mol. The first-order valence-electron chi connectivity index (χ1n) is 11.3. The van der Waals surface area contributed by atoms with Gasteiger partial charge in [0.15, 0.2) is 5.96 Å². The van der Waals surface area contributed by atoms with Gasteiger partial charge in [0, 0.05) is 26.4 Å². The van der Waals surface area contributed by atoms with E-state index in [0.717, 1.165) is 5.56 Å². The quantitative estimate of drug-likeness (QED) is 0.109. The molecule has 204 valence electrons. The standard InChI is InChI=1S/C20H28N6O6S.C2H3ClO/c21-20(22)23-10-4-8-14(19(29)30)24-17(27)16-9-5-11-26(16)18(28)15(25-33(31)32)12-13-6-2-1-3-7-13;1-2(3)4/h1-3,6-7,14-16H,4-5,8-12H2,(H,24,27)(H,29,30)(H4,21,22,23);1H3/t14?,15?,16-;/m0./s1. The minimum atomic E-state index is -2.82. The molecule has 1 saturated heterocycles. The fourth-order valence-electron chi connectivity index (χ4n) is 3.66. The smallest absolute Gasteiger partial charge is 0.326 e. The molecule has 0 saturated carbocycles. The molecule has 1 aromatic carbocycles. The normalized spacial score (nSPS) is 15.8. The first-order chi connectivity index (χ1) is 17.4. The van der Waals surface area contributed by atoms with Crippen LogP contribution in [0.1, 0.15) is 38.2 Å². The summed E-state index contributed by atoms with van der Waals surface area (Å²) in [7, 11) is -2.82. The molecule has 0 bridgehead atoms. The van der Waals surface area contributed by atoms with Crippen molar-refractivity contribution < 1.29 is 32.7 Å². The van der Waals surface area contributed by atoms with Gasteiger partial charge < -0.3 is 26.4 Å². The van der Waals surface area contributed by atoms with E-state index < -0.39 is 46.4 Å². The van der Waals surface area contributed by atoms with E-state index in [1.165, 1.54) is 11.8 Å². The molecule has 6 N–H and O–H groups in total. The summed E-state index contributed by atoms with van der Waals surface area (Å²) < 4.78 is 26.0. The summed E-state index contributed by atoms with van der Waals surface area (Å²) in [6, 6.07) is 5.49. The number of nitrogens with two attached hydrogens (primary N) is 1. The zero-order valence-corrected chi connectivity index (χ0v) is 21.8. The average Bonchev–Trinajstić information content (AvgIpc) is 3.30. The Bertz CT molecular complexity index is 1090. The molecule has 0 spiro atoms. The number of nitrogens with one attached hydrogen (secondary N) is 3. The third kappa shape index (κ3) is 12.3. The number of nitrogens with zero attached hydrogens (tertiary/aromatic N) is 2. The topological polar surface area (TPSA) is 212 Å². The summed E-state index contributed by atoms with van der Waals surface area (Å²) in [6.07, 6.45) is 1.34. The summed E-state index contributed by atoms with van der Waals surface area (Å²) >= 11 is 4.64. The molecule has 15 heteroatoms. The van der Waals surface area contributed by atoms with E-state index >= 15 is 0 Å². The lowest BCUT2D eigenvalue weighted by Crippen LogP contribution is -2.52. The van der Waals surface area contributed by atoms with Crippen LogP contribution >= 0.6 is 11.6 Å². The molecule has 2 amide bonds. The minimum Gasteiger partial charge on any atom is -0.480 e. The number of carboxylic acids is 1. The fraction of sp³-hybridized carbons (Fsp3) is 0.500. The monoisotopic (exact) mass is 558 g/mol. The number of carboxylic acid groups (broad SMARTS) is 1. The highest BCUT2D eigenvalue weighted by atomic mass is 35.5. The number of carbonyl (C=O) groups excluding carboxylic acids is 3. The van der Waals surface area contributed by atoms with Gasteiger partial charge >= 0.3 is 16.5 Å². The fourth-order valence-corrected chi connectivity index (χ4v) is 4.03. The third-order valence-electron chi connectivity index (χ3n) is 5.21. The van der Waals surface area contributed by atoms with E-state index in [0.29, 0.717) is 19.3 Å². The Hall–Kier alpha value is -3.52. The lowest BCUT2D eigenvalue weighted by atomic mass is 10.0. The van der Waals surface area contributed by atoms with Gasteiger partial charge in [0.1, 0.15) is 18.1 Å². The molecule has 37 heavy (non-hydrogen) atoms. The molecule has 1 aliphatic heterocycles. The molecule has 0 radical (unpaired) electrons. The zero-order chi connectivity index (χ0) is 28.0. The second kappa shape index (κ2) is 16.3. The third-order valence-corrected chi connectivity index (χ3v) is 5.63. The van der Waals surface area contributed by atoms with Crippen LogP contribution < -0.4 is 16.4 Å². The maximum Gasteiger partial charge on any atom is 0.326 e. The van der Waals surface area contributed by atoms with E-state index in [2.05, 4.69) is 26.6 Å². The second-order valence-electron chi connectivity index (χ2n) is 8.07. The first kappa shape index (κ1) is 31.5. The van der Waals surface area contributed by atoms with Gasteiger partial charge in [-0.3, -0.25) is 19.8 Å². The van der Waals surface area contributed by atoms with Crippen LogP contribution in [0.15, 0.2) is 34.7 Å². The Balaban J connectivity index is 0.00000159. The van der Waals surface area contributed by atoms with E-state index in [-0.39, 0.29) is 37.1 Å². The molecule has 2 unspecified atom stereocenters. The van der Waals surface area contributed by atoms with Crippen LogP contribution in [0.5, 0.6) is 0 Å². The molecule has 0 aromatic heterocycles. The summed E-state index contributed by atoms with van der Waals surface area (Å²) in [6.45, 7) is 1.81. The molecule has 13 nitrogen and oxygen atoms in total. The van der Waals surface area contributed by atoms with Crippen molar-refractivity contribution in [3.05, 3.63) is 35.9 Å². The number of benzene rings is 1. The highest BCUT2D eigenvalue weighted by Gasteiger charge is 2.38. The number of rotatable bonds is 11. The van der Waals surface area contributed by atoms with Crippen LogP contribution in [0.25, 0.3) is 0 Å². The van der Waals surface area contributed by atoms with Crippen molar-refractivity contribution in [2.75, 3.05) is 13.1 Å². The van der Waals surface area contributed by atoms with E-state index in [1.807, 2.05) is 0 Å². The van der Waals surface area contributed by atoms with Gasteiger partial charge in [-0.1, -0.05) is 30.3 Å². The zero-order valence-electron chi connectivity index (χ0n) is 20.2. The van der Waals surface area contributed by atoms with E-state index in [1.54, 1.807) is 30.3 Å². The van der Waals surface area contributed by atoms with Gasteiger partial charge in [-0.2, -0.15) is 12.8 Å². The number of carbonyl (C=O) groups is 4. The maximum atomic E-state index is 13.1. The van der Waals surface area contributed by atoms with Crippen LogP contribution in [0, 0.1) is 5.41 Å². The molecule has 2 rings (SSSR count). The molecule has 3 atom stereocenters. The Kier molecular flexibility index (Phi) is 13.9. The Morgan fingerprint density at radius 2 is 1.89 bits per heavy atom. The van der Waals surface area contributed by atoms with Gasteiger partial charge in [0.25, 0.3) is 0 Å². The van der Waals surface area contributed by atoms with Crippen molar-refractivity contribution >= 4 is 51.1 Å². The van der Waals surface area contributed by atoms with E-state index in [9.17, 15) is 32.7 Å². The Morgan fingerprint density at radius 1 is 1.27 bits per heavy atom. The molecule has 0 aliphatic carbocycles. The molecule has 1 heterocycles. The average molecular weight is 559 g/mol. The lowest BCUT2D eigenvalue weighted by Gasteiger charge is -2.27. The second-order valence-corrected chi connectivity index (χ2v) is 9.25. The van der Waals surface area contributed by atoms with Crippen molar-refractivity contribution in [3.8, 4) is 0 Å². The number of amides is 2. The van der Waals surface area contributed by atoms with Gasteiger partial charge in [-0.25, -0.2) is 4.79 Å². The van der Waals surface area contributed by atoms with Gasteiger partial charge in [-0.15, -0.1) is 0 Å². The van der Waals surface area contributed by atoms with Crippen molar-refractivity contribution in [1.82, 2.24) is 15.5 Å². The van der Waals surface area contributed by atoms with Crippen molar-refractivity contribution in [2.45, 2.75) is 57.2 Å². The van der Waals surface area contributed by atoms with E-state index in [4.69, 9.17) is 11.1 Å².